The van der Waals surface area contributed by atoms with Gasteiger partial charge in [0, 0.05) is 29.2 Å². The van der Waals surface area contributed by atoms with Gasteiger partial charge in [0.15, 0.2) is 5.11 Å². The Hall–Kier alpha value is -5.09. The van der Waals surface area contributed by atoms with Crippen molar-refractivity contribution in [2.24, 2.45) is 5.92 Å². The number of carbonyl (C=O) groups excluding carboxylic acids is 4. The number of alkyl halides is 3. The minimum atomic E-state index is -4.63. The van der Waals surface area contributed by atoms with Crippen LogP contribution in [0.25, 0.3) is 0 Å². The van der Waals surface area contributed by atoms with Crippen LogP contribution < -0.4 is 30.5 Å². The zero-order chi connectivity index (χ0) is 40.4. The largest absolute Gasteiger partial charge is 0.493 e. The van der Waals surface area contributed by atoms with E-state index in [1.165, 1.54) is 13.1 Å². The molecule has 56 heavy (non-hydrogen) atoms. The van der Waals surface area contributed by atoms with Crippen LogP contribution in [0.5, 0.6) is 5.75 Å². The van der Waals surface area contributed by atoms with Crippen LogP contribution in [0, 0.1) is 12.8 Å². The molecular weight excluding hydrogens is 748 g/mol. The number of rotatable bonds is 12. The summed E-state index contributed by atoms with van der Waals surface area (Å²) in [7, 11) is 0. The first-order chi connectivity index (χ1) is 26.5. The van der Waals surface area contributed by atoms with Crippen molar-refractivity contribution in [2.75, 3.05) is 46.7 Å². The number of nitrogens with one attached hydrogen (secondary N) is 3. The summed E-state index contributed by atoms with van der Waals surface area (Å²) in [6.07, 6.45) is 0.612. The van der Waals surface area contributed by atoms with Gasteiger partial charge in [-0.25, -0.2) is 0 Å². The average molecular weight is 794 g/mol. The molecule has 16 heteroatoms. The third-order valence-electron chi connectivity index (χ3n) is 10.6. The minimum absolute atomic E-state index is 0.0397. The number of likely N-dealkylation sites (tertiary alicyclic amines) is 1. The number of carbonyl (C=O) groups is 4. The second kappa shape index (κ2) is 16.6. The minimum Gasteiger partial charge on any atom is -0.493 e. The van der Waals surface area contributed by atoms with Gasteiger partial charge in [0.05, 0.1) is 30.6 Å². The van der Waals surface area contributed by atoms with Crippen molar-refractivity contribution in [3.8, 4) is 5.75 Å². The lowest BCUT2D eigenvalue weighted by Crippen LogP contribution is -2.47. The van der Waals surface area contributed by atoms with E-state index in [9.17, 15) is 32.3 Å². The monoisotopic (exact) mass is 793 g/mol. The van der Waals surface area contributed by atoms with Crippen molar-refractivity contribution in [1.29, 1.82) is 0 Å². The van der Waals surface area contributed by atoms with Crippen LogP contribution in [-0.2, 0) is 31.8 Å². The highest BCUT2D eigenvalue weighted by Crippen LogP contribution is 2.40. The number of nitrogens with zero attached hydrogens (tertiary/aromatic N) is 4. The van der Waals surface area contributed by atoms with Gasteiger partial charge in [-0.1, -0.05) is 13.0 Å². The summed E-state index contributed by atoms with van der Waals surface area (Å²) < 4.78 is 47.3. The molecule has 1 unspecified atom stereocenters. The molecule has 4 heterocycles. The normalized spacial score (nSPS) is 19.3. The molecule has 2 aromatic carbocycles. The molecule has 1 aromatic heterocycles. The maximum atomic E-state index is 13.7. The van der Waals surface area contributed by atoms with E-state index in [1.54, 1.807) is 43.0 Å². The van der Waals surface area contributed by atoms with Crippen LogP contribution in [0.4, 0.5) is 35.9 Å². The number of piperidine rings is 2. The molecule has 298 valence electrons. The maximum absolute atomic E-state index is 13.7. The fraction of sp³-hybridized carbons (Fsp3) is 0.450. The van der Waals surface area contributed by atoms with Gasteiger partial charge in [-0.2, -0.15) is 13.2 Å². The molecule has 0 radical (unpaired) electrons. The Kier molecular flexibility index (Phi) is 12.0. The number of ether oxygens (including phenoxy) is 1. The van der Waals surface area contributed by atoms with Crippen LogP contribution in [0.1, 0.15) is 69.7 Å². The zero-order valence-electron chi connectivity index (χ0n) is 31.8. The van der Waals surface area contributed by atoms with E-state index in [0.717, 1.165) is 48.9 Å². The lowest BCUT2D eigenvalue weighted by molar-refractivity contribution is -0.138. The number of halogens is 3. The highest BCUT2D eigenvalue weighted by Gasteiger charge is 2.51. The predicted molar refractivity (Wildman–Crippen MR) is 211 cm³/mol. The summed E-state index contributed by atoms with van der Waals surface area (Å²) in [5.41, 5.74) is 0.498. The Labute approximate surface area is 329 Å². The Bertz CT molecular complexity index is 2020. The summed E-state index contributed by atoms with van der Waals surface area (Å²) in [6.45, 7) is 8.96. The molecule has 1 atom stereocenters. The highest BCUT2D eigenvalue weighted by atomic mass is 32.1. The molecule has 12 nitrogen and oxygen atoms in total. The van der Waals surface area contributed by atoms with E-state index in [4.69, 9.17) is 17.0 Å². The second-order valence-corrected chi connectivity index (χ2v) is 15.3. The number of pyridine rings is 1. The molecule has 0 aliphatic carbocycles. The smallest absolute Gasteiger partial charge is 0.418 e. The third-order valence-corrected chi connectivity index (χ3v) is 10.9. The van der Waals surface area contributed by atoms with Gasteiger partial charge in [-0.05, 0) is 132 Å². The Morgan fingerprint density at radius 2 is 1.77 bits per heavy atom. The van der Waals surface area contributed by atoms with Gasteiger partial charge in [-0.3, -0.25) is 39.3 Å². The number of benzene rings is 2. The Morgan fingerprint density at radius 3 is 2.46 bits per heavy atom. The van der Waals surface area contributed by atoms with Crippen LogP contribution in [0.2, 0.25) is 0 Å². The first-order valence-electron chi connectivity index (χ1n) is 18.8. The van der Waals surface area contributed by atoms with Crippen molar-refractivity contribution in [2.45, 2.75) is 84.0 Å². The lowest BCUT2D eigenvalue weighted by Gasteiger charge is -2.31. The molecule has 0 spiro atoms. The van der Waals surface area contributed by atoms with Crippen molar-refractivity contribution in [3.63, 3.8) is 0 Å². The first kappa shape index (κ1) is 40.6. The third kappa shape index (κ3) is 8.96. The second-order valence-electron chi connectivity index (χ2n) is 14.9. The molecule has 4 amide bonds. The Balaban J connectivity index is 0.986. The standard InChI is InChI=1S/C40H46F3N7O5S/c1-5-26-19-29(50-38(56)49(37(54)39(50,3)4)30-21-31(40(41,42)43)24(2)44-22-30)9-11-33(26)55-18-15-25-13-16-48(17-14-25)23-35(52)46-28-8-6-7-27(20-28)45-32-10-12-34(51)47-36(32)53/h6-9,11,19-22,25,32,45H,5,10,12-18,23H2,1-4H3,(H,46,52)(H,47,51,53). The van der Waals surface area contributed by atoms with Crippen molar-refractivity contribution < 1.29 is 37.1 Å². The van der Waals surface area contributed by atoms with E-state index in [1.807, 2.05) is 25.1 Å². The number of aromatic nitrogens is 1. The topological polar surface area (TPSA) is 136 Å². The lowest BCUT2D eigenvalue weighted by atomic mass is 9.94. The average Bonchev–Trinajstić information content (AvgIpc) is 3.32. The van der Waals surface area contributed by atoms with Crippen molar-refractivity contribution in [3.05, 3.63) is 71.5 Å². The van der Waals surface area contributed by atoms with Crippen molar-refractivity contribution in [1.82, 2.24) is 15.2 Å². The fourth-order valence-electron chi connectivity index (χ4n) is 7.40. The van der Waals surface area contributed by atoms with Gasteiger partial charge >= 0.3 is 6.18 Å². The Morgan fingerprint density at radius 1 is 1.04 bits per heavy atom. The van der Waals surface area contributed by atoms with Crippen LogP contribution in [-0.4, -0.2) is 76.4 Å². The molecule has 3 saturated heterocycles. The van der Waals surface area contributed by atoms with Crippen LogP contribution in [0.15, 0.2) is 54.7 Å². The number of anilines is 4. The SMILES string of the molecule is CCc1cc(N2C(=S)N(c3cnc(C)c(C(F)(F)F)c3)C(=O)C2(C)C)ccc1OCCC1CCN(CC(=O)Nc2cccc(NC3CCC(=O)NC3=O)c2)CC1. The first-order valence-corrected chi connectivity index (χ1v) is 19.2. The number of hydrogen-bond acceptors (Lipinski definition) is 9. The van der Waals surface area contributed by atoms with Gasteiger partial charge in [0.1, 0.15) is 17.3 Å². The summed E-state index contributed by atoms with van der Waals surface area (Å²) in [6, 6.07) is 13.1. The van der Waals surface area contributed by atoms with Crippen molar-refractivity contribution >= 4 is 63.7 Å². The molecule has 3 aliphatic rings. The summed E-state index contributed by atoms with van der Waals surface area (Å²) >= 11 is 5.72. The molecular formula is C40H46F3N7O5S. The van der Waals surface area contributed by atoms with Gasteiger partial charge in [0.2, 0.25) is 17.7 Å². The molecule has 6 rings (SSSR count). The van der Waals surface area contributed by atoms with E-state index >= 15 is 0 Å². The molecule has 0 bridgehead atoms. The highest BCUT2D eigenvalue weighted by molar-refractivity contribution is 7.81. The van der Waals surface area contributed by atoms with Crippen LogP contribution >= 0.6 is 12.2 Å². The van der Waals surface area contributed by atoms with Gasteiger partial charge in [0.25, 0.3) is 5.91 Å². The fourth-order valence-corrected chi connectivity index (χ4v) is 7.92. The molecule has 3 N–H and O–H groups in total. The predicted octanol–water partition coefficient (Wildman–Crippen LogP) is 6.22. The maximum Gasteiger partial charge on any atom is 0.418 e. The number of thiocarbonyl (C=S) groups is 1. The van der Waals surface area contributed by atoms with E-state index < -0.39 is 29.2 Å². The summed E-state index contributed by atoms with van der Waals surface area (Å²) in [4.78, 5) is 58.9. The molecule has 3 fully saturated rings. The number of amides is 4. The summed E-state index contributed by atoms with van der Waals surface area (Å²) in [5.74, 6) is -0.0769. The summed E-state index contributed by atoms with van der Waals surface area (Å²) in [5, 5.41) is 8.47. The number of hydrogen-bond donors (Lipinski definition) is 3. The van der Waals surface area contributed by atoms with Gasteiger partial charge < -0.3 is 20.3 Å². The number of imide groups is 1. The molecule has 3 aromatic rings. The molecule has 3 aliphatic heterocycles. The van der Waals surface area contributed by atoms with E-state index in [0.29, 0.717) is 48.2 Å². The van der Waals surface area contributed by atoms with E-state index in [2.05, 4.69) is 25.8 Å². The quantitative estimate of drug-likeness (QED) is 0.143. The van der Waals surface area contributed by atoms with Crippen LogP contribution in [0.3, 0.4) is 0 Å². The molecule has 0 saturated carbocycles. The number of aryl methyl sites for hydroxylation is 2. The van der Waals surface area contributed by atoms with Gasteiger partial charge in [-0.15, -0.1) is 0 Å². The zero-order valence-corrected chi connectivity index (χ0v) is 32.6. The van der Waals surface area contributed by atoms with E-state index in [-0.39, 0.29) is 47.2 Å².